The van der Waals surface area contributed by atoms with Gasteiger partial charge in [-0.25, -0.2) is 0 Å². The van der Waals surface area contributed by atoms with Crippen LogP contribution in [-0.4, -0.2) is 41.7 Å². The molecular formula is C16H22N2O2. The van der Waals surface area contributed by atoms with Gasteiger partial charge in [0, 0.05) is 19.3 Å². The number of fused-ring (bicyclic) bond motifs is 1. The Hall–Kier alpha value is -1.55. The maximum atomic E-state index is 12.5. The van der Waals surface area contributed by atoms with Crippen molar-refractivity contribution in [3.05, 3.63) is 29.8 Å². The maximum absolute atomic E-state index is 12.5. The number of likely N-dealkylation sites (N-methyl/N-ethyl adjacent to an activating group) is 1. The second-order valence-corrected chi connectivity index (χ2v) is 6.10. The summed E-state index contributed by atoms with van der Waals surface area (Å²) in [6.45, 7) is 0.760. The highest BCUT2D eigenvalue weighted by molar-refractivity contribution is 5.85. The second kappa shape index (κ2) is 5.44. The number of aliphatic hydroxyl groups is 1. The van der Waals surface area contributed by atoms with Crippen LogP contribution in [0.2, 0.25) is 0 Å². The van der Waals surface area contributed by atoms with E-state index in [4.69, 9.17) is 0 Å². The van der Waals surface area contributed by atoms with E-state index in [0.717, 1.165) is 37.9 Å². The number of aliphatic hydroxyl groups excluding tert-OH is 1. The molecule has 1 atom stereocenters. The Kier molecular flexibility index (Phi) is 3.66. The van der Waals surface area contributed by atoms with Gasteiger partial charge in [0.25, 0.3) is 0 Å². The third-order valence-electron chi connectivity index (χ3n) is 4.47. The van der Waals surface area contributed by atoms with E-state index in [9.17, 15) is 9.90 Å². The molecule has 0 aromatic heterocycles. The quantitative estimate of drug-likeness (QED) is 0.881. The topological polar surface area (TPSA) is 52.6 Å². The molecule has 1 heterocycles. The molecule has 20 heavy (non-hydrogen) atoms. The van der Waals surface area contributed by atoms with Gasteiger partial charge in [0.1, 0.15) is 6.04 Å². The van der Waals surface area contributed by atoms with E-state index in [1.54, 1.807) is 0 Å². The molecule has 3 rings (SSSR count). The summed E-state index contributed by atoms with van der Waals surface area (Å²) >= 11 is 0. The summed E-state index contributed by atoms with van der Waals surface area (Å²) in [4.78, 5) is 14.3. The number of carbonyl (C=O) groups excluding carboxylic acids is 1. The number of benzene rings is 1. The lowest BCUT2D eigenvalue weighted by atomic mass is 9.82. The van der Waals surface area contributed by atoms with Crippen molar-refractivity contribution in [3.8, 4) is 0 Å². The molecule has 1 amide bonds. The zero-order valence-electron chi connectivity index (χ0n) is 11.9. The summed E-state index contributed by atoms with van der Waals surface area (Å²) in [6, 6.07) is 8.08. The van der Waals surface area contributed by atoms with Gasteiger partial charge in [-0.1, -0.05) is 18.2 Å². The smallest absolute Gasteiger partial charge is 0.244 e. The van der Waals surface area contributed by atoms with Crippen LogP contribution in [0.1, 0.15) is 24.8 Å². The average Bonchev–Trinajstić information content (AvgIpc) is 2.44. The maximum Gasteiger partial charge on any atom is 0.244 e. The lowest BCUT2D eigenvalue weighted by molar-refractivity contribution is -0.132. The van der Waals surface area contributed by atoms with Crippen LogP contribution in [-0.2, 0) is 11.2 Å². The molecule has 1 aromatic carbocycles. The molecule has 0 spiro atoms. The summed E-state index contributed by atoms with van der Waals surface area (Å²) in [5.41, 5.74) is 2.38. The Balaban J connectivity index is 1.58. The van der Waals surface area contributed by atoms with Crippen molar-refractivity contribution < 1.29 is 9.90 Å². The predicted molar refractivity (Wildman–Crippen MR) is 78.5 cm³/mol. The average molecular weight is 274 g/mol. The van der Waals surface area contributed by atoms with E-state index >= 15 is 0 Å². The standard InChI is InChI=1S/C16H22N2O2/c1-18(10-11-8-13(19)9-11)16(20)15-7-6-12-4-2-3-5-14(12)17-15/h2-5,11,13,15,17,19H,6-10H2,1H3. The Morgan fingerprint density at radius 3 is 2.90 bits per heavy atom. The van der Waals surface area contributed by atoms with Crippen LogP contribution < -0.4 is 5.32 Å². The Morgan fingerprint density at radius 1 is 1.40 bits per heavy atom. The number of anilines is 1. The molecule has 108 valence electrons. The molecule has 1 unspecified atom stereocenters. The van der Waals surface area contributed by atoms with Gasteiger partial charge >= 0.3 is 0 Å². The molecule has 1 aliphatic carbocycles. The first-order valence-electron chi connectivity index (χ1n) is 7.41. The van der Waals surface area contributed by atoms with Crippen molar-refractivity contribution in [3.63, 3.8) is 0 Å². The first-order valence-corrected chi connectivity index (χ1v) is 7.41. The molecule has 1 fully saturated rings. The molecule has 0 saturated heterocycles. The number of aryl methyl sites for hydroxylation is 1. The van der Waals surface area contributed by atoms with E-state index in [1.165, 1.54) is 5.56 Å². The fraction of sp³-hybridized carbons (Fsp3) is 0.562. The number of hydrogen-bond acceptors (Lipinski definition) is 3. The molecule has 2 N–H and O–H groups in total. The third-order valence-corrected chi connectivity index (χ3v) is 4.47. The van der Waals surface area contributed by atoms with E-state index in [2.05, 4.69) is 11.4 Å². The molecule has 4 nitrogen and oxygen atoms in total. The zero-order valence-corrected chi connectivity index (χ0v) is 11.9. The summed E-state index contributed by atoms with van der Waals surface area (Å²) in [7, 11) is 1.87. The highest BCUT2D eigenvalue weighted by Crippen LogP contribution is 2.29. The molecule has 1 aliphatic heterocycles. The van der Waals surface area contributed by atoms with Gasteiger partial charge in [-0.2, -0.15) is 0 Å². The number of carbonyl (C=O) groups is 1. The molecule has 4 heteroatoms. The van der Waals surface area contributed by atoms with Crippen LogP contribution in [0.25, 0.3) is 0 Å². The zero-order chi connectivity index (χ0) is 14.1. The van der Waals surface area contributed by atoms with Crippen molar-refractivity contribution in [1.29, 1.82) is 0 Å². The number of amides is 1. The predicted octanol–water partition coefficient (Wildman–Crippen LogP) is 1.64. The molecule has 0 bridgehead atoms. The first-order chi connectivity index (χ1) is 9.63. The van der Waals surface area contributed by atoms with Crippen LogP contribution in [0, 0.1) is 5.92 Å². The van der Waals surface area contributed by atoms with Crippen LogP contribution in [0.5, 0.6) is 0 Å². The van der Waals surface area contributed by atoms with Gasteiger partial charge in [0.15, 0.2) is 0 Å². The summed E-state index contributed by atoms with van der Waals surface area (Å²) in [5.74, 6) is 0.635. The van der Waals surface area contributed by atoms with E-state index in [0.29, 0.717) is 5.92 Å². The van der Waals surface area contributed by atoms with Crippen LogP contribution >= 0.6 is 0 Å². The molecular weight excluding hydrogens is 252 g/mol. The highest BCUT2D eigenvalue weighted by atomic mass is 16.3. The Morgan fingerprint density at radius 2 is 2.15 bits per heavy atom. The van der Waals surface area contributed by atoms with Gasteiger partial charge in [0.2, 0.25) is 5.91 Å². The third kappa shape index (κ3) is 2.66. The minimum Gasteiger partial charge on any atom is -0.393 e. The van der Waals surface area contributed by atoms with Crippen LogP contribution in [0.4, 0.5) is 5.69 Å². The number of nitrogens with zero attached hydrogens (tertiary/aromatic N) is 1. The number of rotatable bonds is 3. The molecule has 1 saturated carbocycles. The fourth-order valence-corrected chi connectivity index (χ4v) is 3.22. The molecule has 2 aliphatic rings. The lowest BCUT2D eigenvalue weighted by Crippen LogP contribution is -2.46. The fourth-order valence-electron chi connectivity index (χ4n) is 3.22. The van der Waals surface area contributed by atoms with Crippen molar-refractivity contribution in [2.75, 3.05) is 18.9 Å². The number of para-hydroxylation sites is 1. The van der Waals surface area contributed by atoms with Crippen molar-refractivity contribution in [1.82, 2.24) is 4.90 Å². The Labute approximate surface area is 119 Å². The van der Waals surface area contributed by atoms with Crippen molar-refractivity contribution in [2.45, 2.75) is 37.8 Å². The van der Waals surface area contributed by atoms with Gasteiger partial charge in [-0.15, -0.1) is 0 Å². The Bertz CT molecular complexity index is 497. The summed E-state index contributed by atoms with van der Waals surface area (Å²) in [5, 5.41) is 12.7. The van der Waals surface area contributed by atoms with Crippen LogP contribution in [0.15, 0.2) is 24.3 Å². The van der Waals surface area contributed by atoms with Gasteiger partial charge in [-0.3, -0.25) is 4.79 Å². The van der Waals surface area contributed by atoms with E-state index < -0.39 is 0 Å². The van der Waals surface area contributed by atoms with Gasteiger partial charge in [-0.05, 0) is 43.2 Å². The lowest BCUT2D eigenvalue weighted by Gasteiger charge is -2.36. The SMILES string of the molecule is CN(CC1CC(O)C1)C(=O)C1CCc2ccccc2N1. The number of hydrogen-bond donors (Lipinski definition) is 2. The van der Waals surface area contributed by atoms with Crippen molar-refractivity contribution in [2.24, 2.45) is 5.92 Å². The second-order valence-electron chi connectivity index (χ2n) is 6.10. The highest BCUT2D eigenvalue weighted by Gasteiger charge is 2.31. The van der Waals surface area contributed by atoms with E-state index in [1.807, 2.05) is 30.1 Å². The monoisotopic (exact) mass is 274 g/mol. The normalized spacial score (nSPS) is 28.0. The van der Waals surface area contributed by atoms with E-state index in [-0.39, 0.29) is 18.1 Å². The first kappa shape index (κ1) is 13.4. The largest absolute Gasteiger partial charge is 0.393 e. The molecule has 1 aromatic rings. The summed E-state index contributed by atoms with van der Waals surface area (Å²) < 4.78 is 0. The minimum atomic E-state index is -0.150. The van der Waals surface area contributed by atoms with Crippen molar-refractivity contribution >= 4 is 11.6 Å². The molecule has 0 radical (unpaired) electrons. The minimum absolute atomic E-state index is 0.111. The summed E-state index contributed by atoms with van der Waals surface area (Å²) in [6.07, 6.45) is 3.32. The van der Waals surface area contributed by atoms with Gasteiger partial charge < -0.3 is 15.3 Å². The van der Waals surface area contributed by atoms with Gasteiger partial charge in [0.05, 0.1) is 6.10 Å². The van der Waals surface area contributed by atoms with Crippen LogP contribution in [0.3, 0.4) is 0 Å². The number of nitrogens with one attached hydrogen (secondary N) is 1.